The van der Waals surface area contributed by atoms with Crippen LogP contribution in [0.4, 0.5) is 0 Å². The number of benzene rings is 1. The average molecular weight is 281 g/mol. The molecule has 21 heavy (non-hydrogen) atoms. The summed E-state index contributed by atoms with van der Waals surface area (Å²) in [5.41, 5.74) is 7.15. The van der Waals surface area contributed by atoms with Crippen molar-refractivity contribution in [2.45, 2.75) is 26.2 Å². The highest BCUT2D eigenvalue weighted by Crippen LogP contribution is 2.42. The molecule has 0 amide bonds. The molecule has 2 N–H and O–H groups in total. The summed E-state index contributed by atoms with van der Waals surface area (Å²) in [5, 5.41) is 8.86. The molecular weight excluding hydrogens is 266 g/mol. The van der Waals surface area contributed by atoms with E-state index in [1.165, 1.54) is 22.2 Å². The Kier molecular flexibility index (Phi) is 2.04. The number of nitrogens with one attached hydrogen (secondary N) is 2. The molecule has 1 aromatic carbocycles. The monoisotopic (exact) mass is 281 g/mol. The van der Waals surface area contributed by atoms with Gasteiger partial charge in [0.05, 0.1) is 11.2 Å². The lowest BCUT2D eigenvalue weighted by molar-refractivity contribution is 0.174. The van der Waals surface area contributed by atoms with Gasteiger partial charge in [-0.1, -0.05) is 0 Å². The molecule has 0 saturated carbocycles. The molecule has 1 aliphatic carbocycles. The third-order valence-corrected chi connectivity index (χ3v) is 4.56. The van der Waals surface area contributed by atoms with E-state index in [2.05, 4.69) is 28.2 Å². The number of aryl methyl sites for hydroxylation is 2. The SMILES string of the molecule is Cc1[nH]nc2c1CCCc1c-2[nH]c2cc3c(cc12)OCO3. The normalized spacial score (nSPS) is 15.9. The van der Waals surface area contributed by atoms with Gasteiger partial charge in [0.25, 0.3) is 0 Å². The fourth-order valence-corrected chi connectivity index (χ4v) is 3.51. The topological polar surface area (TPSA) is 62.9 Å². The van der Waals surface area contributed by atoms with E-state index in [1.807, 2.05) is 6.07 Å². The zero-order valence-corrected chi connectivity index (χ0v) is 11.7. The van der Waals surface area contributed by atoms with Gasteiger partial charge in [-0.2, -0.15) is 5.10 Å². The van der Waals surface area contributed by atoms with E-state index in [0.717, 1.165) is 47.7 Å². The summed E-state index contributed by atoms with van der Waals surface area (Å²) in [6.45, 7) is 2.41. The molecule has 0 radical (unpaired) electrons. The number of hydrogen-bond acceptors (Lipinski definition) is 3. The van der Waals surface area contributed by atoms with Crippen molar-refractivity contribution in [3.63, 3.8) is 0 Å². The minimum Gasteiger partial charge on any atom is -0.454 e. The summed E-state index contributed by atoms with van der Waals surface area (Å²) in [6.07, 6.45) is 3.28. The quantitative estimate of drug-likeness (QED) is 0.665. The minimum absolute atomic E-state index is 0.312. The predicted octanol–water partition coefficient (Wildman–Crippen LogP) is 3.08. The van der Waals surface area contributed by atoms with Crippen molar-refractivity contribution in [1.82, 2.24) is 15.2 Å². The second-order valence-electron chi connectivity index (χ2n) is 5.76. The van der Waals surface area contributed by atoms with Crippen molar-refractivity contribution in [2.24, 2.45) is 0 Å². The number of nitrogens with zero attached hydrogens (tertiary/aromatic N) is 1. The molecular formula is C16H15N3O2. The Morgan fingerprint density at radius 1 is 1.10 bits per heavy atom. The van der Waals surface area contributed by atoms with Gasteiger partial charge in [-0.15, -0.1) is 0 Å². The average Bonchev–Trinajstić information content (AvgIpc) is 3.13. The van der Waals surface area contributed by atoms with Gasteiger partial charge in [-0.25, -0.2) is 0 Å². The van der Waals surface area contributed by atoms with Crippen LogP contribution in [0.2, 0.25) is 0 Å². The van der Waals surface area contributed by atoms with Crippen LogP contribution in [0.3, 0.4) is 0 Å². The van der Waals surface area contributed by atoms with Crippen molar-refractivity contribution in [3.8, 4) is 22.9 Å². The highest BCUT2D eigenvalue weighted by Gasteiger charge is 2.24. The first-order valence-electron chi connectivity index (χ1n) is 7.29. The third-order valence-electron chi connectivity index (χ3n) is 4.56. The molecule has 2 aromatic heterocycles. The molecule has 3 heterocycles. The Morgan fingerprint density at radius 2 is 1.90 bits per heavy atom. The summed E-state index contributed by atoms with van der Waals surface area (Å²) in [6, 6.07) is 4.13. The van der Waals surface area contributed by atoms with E-state index < -0.39 is 0 Å². The van der Waals surface area contributed by atoms with Crippen molar-refractivity contribution in [2.75, 3.05) is 6.79 Å². The lowest BCUT2D eigenvalue weighted by atomic mass is 10.1. The highest BCUT2D eigenvalue weighted by molar-refractivity contribution is 5.93. The van der Waals surface area contributed by atoms with E-state index >= 15 is 0 Å². The maximum Gasteiger partial charge on any atom is 0.231 e. The van der Waals surface area contributed by atoms with Gasteiger partial charge in [-0.05, 0) is 37.8 Å². The van der Waals surface area contributed by atoms with Crippen LogP contribution in [-0.2, 0) is 12.8 Å². The molecule has 5 heteroatoms. The van der Waals surface area contributed by atoms with Crippen LogP contribution in [0.5, 0.6) is 11.5 Å². The highest BCUT2D eigenvalue weighted by atomic mass is 16.7. The van der Waals surface area contributed by atoms with Gasteiger partial charge in [0.15, 0.2) is 11.5 Å². The Hall–Kier alpha value is -2.43. The smallest absolute Gasteiger partial charge is 0.231 e. The van der Waals surface area contributed by atoms with Gasteiger partial charge in [0, 0.05) is 22.7 Å². The van der Waals surface area contributed by atoms with E-state index in [1.54, 1.807) is 0 Å². The van der Waals surface area contributed by atoms with Gasteiger partial charge in [0.2, 0.25) is 6.79 Å². The zero-order chi connectivity index (χ0) is 14.0. The molecule has 1 aliphatic heterocycles. The van der Waals surface area contributed by atoms with Gasteiger partial charge >= 0.3 is 0 Å². The maximum absolute atomic E-state index is 5.51. The van der Waals surface area contributed by atoms with Crippen LogP contribution in [-0.4, -0.2) is 22.0 Å². The number of H-pyrrole nitrogens is 2. The van der Waals surface area contributed by atoms with Gasteiger partial charge < -0.3 is 14.5 Å². The van der Waals surface area contributed by atoms with Crippen LogP contribution in [0.25, 0.3) is 22.3 Å². The van der Waals surface area contributed by atoms with Crippen LogP contribution in [0.15, 0.2) is 12.1 Å². The maximum atomic E-state index is 5.51. The number of ether oxygens (including phenoxy) is 2. The molecule has 0 saturated heterocycles. The van der Waals surface area contributed by atoms with Crippen molar-refractivity contribution in [1.29, 1.82) is 0 Å². The van der Waals surface area contributed by atoms with E-state index in [9.17, 15) is 0 Å². The van der Waals surface area contributed by atoms with E-state index in [-0.39, 0.29) is 0 Å². The summed E-state index contributed by atoms with van der Waals surface area (Å²) in [7, 11) is 0. The summed E-state index contributed by atoms with van der Waals surface area (Å²) >= 11 is 0. The minimum atomic E-state index is 0.312. The Morgan fingerprint density at radius 3 is 2.81 bits per heavy atom. The van der Waals surface area contributed by atoms with E-state index in [4.69, 9.17) is 9.47 Å². The second-order valence-corrected chi connectivity index (χ2v) is 5.76. The molecule has 3 aromatic rings. The van der Waals surface area contributed by atoms with Crippen molar-refractivity contribution < 1.29 is 9.47 Å². The first-order valence-corrected chi connectivity index (χ1v) is 7.29. The number of hydrogen-bond donors (Lipinski definition) is 2. The zero-order valence-electron chi connectivity index (χ0n) is 11.7. The summed E-state index contributed by atoms with van der Waals surface area (Å²) in [4.78, 5) is 3.54. The molecule has 0 fully saturated rings. The number of aromatic amines is 2. The first-order chi connectivity index (χ1) is 10.3. The largest absolute Gasteiger partial charge is 0.454 e. The first kappa shape index (κ1) is 11.3. The molecule has 0 spiro atoms. The van der Waals surface area contributed by atoms with Crippen molar-refractivity contribution in [3.05, 3.63) is 29.0 Å². The number of fused-ring (bicyclic) bond motifs is 6. The molecule has 0 bridgehead atoms. The van der Waals surface area contributed by atoms with Crippen LogP contribution in [0, 0.1) is 6.92 Å². The third kappa shape index (κ3) is 1.43. The summed E-state index contributed by atoms with van der Waals surface area (Å²) in [5.74, 6) is 1.66. The van der Waals surface area contributed by atoms with Crippen LogP contribution in [0.1, 0.15) is 23.2 Å². The summed E-state index contributed by atoms with van der Waals surface area (Å²) < 4.78 is 11.0. The van der Waals surface area contributed by atoms with Gasteiger partial charge in [-0.3, -0.25) is 5.10 Å². The number of aromatic nitrogens is 3. The van der Waals surface area contributed by atoms with Gasteiger partial charge in [0.1, 0.15) is 5.69 Å². The molecule has 2 aliphatic rings. The standard InChI is InChI=1S/C16H15N3O2/c1-8-9-3-2-4-10-11-5-13-14(21-7-20-13)6-12(11)17-15(10)16(9)19-18-8/h5-6,17H,2-4,7H2,1H3,(H,18,19). The van der Waals surface area contributed by atoms with Crippen LogP contribution >= 0.6 is 0 Å². The lowest BCUT2D eigenvalue weighted by Crippen LogP contribution is -1.93. The fourth-order valence-electron chi connectivity index (χ4n) is 3.51. The molecule has 0 unspecified atom stereocenters. The lowest BCUT2D eigenvalue weighted by Gasteiger charge is -2.00. The fraction of sp³-hybridized carbons (Fsp3) is 0.312. The Balaban J connectivity index is 1.83. The molecule has 106 valence electrons. The Bertz CT molecular complexity index is 875. The molecule has 5 rings (SSSR count). The predicted molar refractivity (Wildman–Crippen MR) is 78.8 cm³/mol. The molecule has 0 atom stereocenters. The van der Waals surface area contributed by atoms with E-state index in [0.29, 0.717) is 6.79 Å². The van der Waals surface area contributed by atoms with Crippen LogP contribution < -0.4 is 9.47 Å². The van der Waals surface area contributed by atoms with Crippen molar-refractivity contribution >= 4 is 10.9 Å². The Labute approximate surface area is 121 Å². The number of rotatable bonds is 0. The molecule has 5 nitrogen and oxygen atoms in total. The second kappa shape index (κ2) is 3.81.